The van der Waals surface area contributed by atoms with Crippen LogP contribution in [0.1, 0.15) is 51.9 Å². The molecule has 0 atom stereocenters. The smallest absolute Gasteiger partial charge is 0.0832 e. The quantitative estimate of drug-likeness (QED) is 0.490. The molecule has 0 rings (SSSR count). The van der Waals surface area contributed by atoms with Crippen molar-refractivity contribution >= 4 is 0 Å². The Morgan fingerprint density at radius 2 is 1.64 bits per heavy atom. The second-order valence-electron chi connectivity index (χ2n) is 2.96. The van der Waals surface area contributed by atoms with Crippen molar-refractivity contribution in [2.24, 2.45) is 0 Å². The molecule has 0 aromatic rings. The van der Waals surface area contributed by atoms with E-state index in [9.17, 15) is 0 Å². The van der Waals surface area contributed by atoms with E-state index in [1.165, 1.54) is 38.5 Å². The van der Waals surface area contributed by atoms with Gasteiger partial charge in [-0.05, 0) is 6.42 Å². The molecule has 0 aliphatic rings. The van der Waals surface area contributed by atoms with Crippen LogP contribution in [0.5, 0.6) is 0 Å². The largest absolute Gasteiger partial charge is 0.379 e. The molecule has 0 aromatic carbocycles. The molecule has 1 heteroatoms. The predicted molar refractivity (Wildman–Crippen MR) is 49.3 cm³/mol. The highest BCUT2D eigenvalue weighted by atomic mass is 16.5. The lowest BCUT2D eigenvalue weighted by Crippen LogP contribution is -1.82. The molecule has 0 amide bonds. The van der Waals surface area contributed by atoms with E-state index in [0.717, 1.165) is 6.42 Å². The third-order valence-corrected chi connectivity index (χ3v) is 1.84. The Balaban J connectivity index is 2.69. The summed E-state index contributed by atoms with van der Waals surface area (Å²) in [4.78, 5) is 0. The van der Waals surface area contributed by atoms with Crippen LogP contribution in [-0.2, 0) is 4.74 Å². The van der Waals surface area contributed by atoms with Crippen LogP contribution in [-0.4, -0.2) is 7.11 Å². The average Bonchev–Trinajstić information content (AvgIpc) is 2.03. The minimum atomic E-state index is 1.11. The van der Waals surface area contributed by atoms with Crippen molar-refractivity contribution in [3.8, 4) is 0 Å². The molecule has 0 fully saturated rings. The fraction of sp³-hybridized carbons (Fsp3) is 0.900. The van der Waals surface area contributed by atoms with Crippen LogP contribution in [0.15, 0.2) is 0 Å². The molecule has 0 aliphatic heterocycles. The summed E-state index contributed by atoms with van der Waals surface area (Å²) in [5.74, 6) is 0. The van der Waals surface area contributed by atoms with Crippen LogP contribution in [0.3, 0.4) is 0 Å². The van der Waals surface area contributed by atoms with Gasteiger partial charge in [0.05, 0.1) is 6.61 Å². The highest BCUT2D eigenvalue weighted by Crippen LogP contribution is 2.07. The molecule has 0 spiro atoms. The van der Waals surface area contributed by atoms with Crippen LogP contribution in [0.25, 0.3) is 0 Å². The number of methoxy groups -OCH3 is 1. The Morgan fingerprint density at radius 1 is 1.00 bits per heavy atom. The monoisotopic (exact) mass is 157 g/mol. The van der Waals surface area contributed by atoms with Gasteiger partial charge in [0.25, 0.3) is 0 Å². The van der Waals surface area contributed by atoms with Gasteiger partial charge in [-0.2, -0.15) is 0 Å². The average molecular weight is 157 g/mol. The molecule has 0 N–H and O–H groups in total. The summed E-state index contributed by atoms with van der Waals surface area (Å²) in [5.41, 5.74) is 0. The first-order valence-corrected chi connectivity index (χ1v) is 4.76. The van der Waals surface area contributed by atoms with Crippen molar-refractivity contribution in [3.05, 3.63) is 6.61 Å². The number of unbranched alkanes of at least 4 members (excludes halogenated alkanes) is 6. The van der Waals surface area contributed by atoms with Crippen LogP contribution < -0.4 is 0 Å². The number of hydrogen-bond donors (Lipinski definition) is 0. The summed E-state index contributed by atoms with van der Waals surface area (Å²) in [6, 6.07) is 0. The Morgan fingerprint density at radius 3 is 2.27 bits per heavy atom. The van der Waals surface area contributed by atoms with Gasteiger partial charge in [-0.3, -0.25) is 0 Å². The van der Waals surface area contributed by atoms with Gasteiger partial charge in [0.2, 0.25) is 0 Å². The van der Waals surface area contributed by atoms with Crippen molar-refractivity contribution in [1.29, 1.82) is 0 Å². The molecule has 0 aliphatic carbocycles. The standard InChI is InChI=1S/C10H21O/c1-3-4-5-6-7-8-9-10-11-2/h10H,3-9H2,1-2H3. The van der Waals surface area contributed by atoms with E-state index in [2.05, 4.69) is 6.92 Å². The lowest BCUT2D eigenvalue weighted by atomic mass is 10.1. The maximum Gasteiger partial charge on any atom is 0.0832 e. The molecule has 0 bridgehead atoms. The summed E-state index contributed by atoms with van der Waals surface area (Å²) in [7, 11) is 1.72. The van der Waals surface area contributed by atoms with Crippen molar-refractivity contribution in [3.63, 3.8) is 0 Å². The second kappa shape index (κ2) is 9.96. The lowest BCUT2D eigenvalue weighted by Gasteiger charge is -1.99. The Labute approximate surface area is 71.1 Å². The number of hydrogen-bond acceptors (Lipinski definition) is 1. The van der Waals surface area contributed by atoms with E-state index in [1.54, 1.807) is 7.11 Å². The van der Waals surface area contributed by atoms with Crippen molar-refractivity contribution in [2.45, 2.75) is 51.9 Å². The Bertz CT molecular complexity index is 53.9. The number of rotatable bonds is 8. The van der Waals surface area contributed by atoms with Gasteiger partial charge in [-0.15, -0.1) is 0 Å². The van der Waals surface area contributed by atoms with Crippen molar-refractivity contribution < 1.29 is 4.74 Å². The second-order valence-corrected chi connectivity index (χ2v) is 2.96. The SMILES string of the molecule is CCCCCCCC[CH]OC. The first-order chi connectivity index (χ1) is 5.41. The molecule has 0 saturated carbocycles. The summed E-state index contributed by atoms with van der Waals surface area (Å²) in [6.45, 7) is 4.14. The van der Waals surface area contributed by atoms with Crippen LogP contribution in [0.2, 0.25) is 0 Å². The minimum Gasteiger partial charge on any atom is -0.379 e. The van der Waals surface area contributed by atoms with E-state index in [-0.39, 0.29) is 0 Å². The van der Waals surface area contributed by atoms with E-state index >= 15 is 0 Å². The highest BCUT2D eigenvalue weighted by Gasteiger charge is 1.89. The molecule has 0 unspecified atom stereocenters. The summed E-state index contributed by atoms with van der Waals surface area (Å²) < 4.78 is 4.84. The topological polar surface area (TPSA) is 9.23 Å². The van der Waals surface area contributed by atoms with Crippen LogP contribution in [0.4, 0.5) is 0 Å². The van der Waals surface area contributed by atoms with Gasteiger partial charge in [-0.1, -0.05) is 45.4 Å². The fourth-order valence-electron chi connectivity index (χ4n) is 1.13. The van der Waals surface area contributed by atoms with Gasteiger partial charge in [0.1, 0.15) is 0 Å². The molecule has 1 radical (unpaired) electrons. The van der Waals surface area contributed by atoms with Gasteiger partial charge in [-0.25, -0.2) is 0 Å². The van der Waals surface area contributed by atoms with Gasteiger partial charge >= 0.3 is 0 Å². The van der Waals surface area contributed by atoms with E-state index < -0.39 is 0 Å². The minimum absolute atomic E-state index is 1.11. The zero-order valence-electron chi connectivity index (χ0n) is 7.94. The zero-order chi connectivity index (χ0) is 8.36. The predicted octanol–water partition coefficient (Wildman–Crippen LogP) is 3.55. The Kier molecular flexibility index (Phi) is 9.92. The molecule has 11 heavy (non-hydrogen) atoms. The van der Waals surface area contributed by atoms with Gasteiger partial charge in [0, 0.05) is 7.11 Å². The molecule has 1 nitrogen and oxygen atoms in total. The third kappa shape index (κ3) is 9.96. The Hall–Kier alpha value is -0.0400. The maximum absolute atomic E-state index is 4.84. The molecular weight excluding hydrogens is 136 g/mol. The fourth-order valence-corrected chi connectivity index (χ4v) is 1.13. The number of ether oxygens (including phenoxy) is 1. The van der Waals surface area contributed by atoms with Crippen molar-refractivity contribution in [2.75, 3.05) is 7.11 Å². The first-order valence-electron chi connectivity index (χ1n) is 4.76. The highest BCUT2D eigenvalue weighted by molar-refractivity contribution is 4.50. The van der Waals surface area contributed by atoms with E-state index in [4.69, 9.17) is 4.74 Å². The van der Waals surface area contributed by atoms with E-state index in [1.807, 2.05) is 6.61 Å². The van der Waals surface area contributed by atoms with Crippen LogP contribution >= 0.6 is 0 Å². The van der Waals surface area contributed by atoms with Gasteiger partial charge in [0.15, 0.2) is 0 Å². The zero-order valence-corrected chi connectivity index (χ0v) is 7.94. The third-order valence-electron chi connectivity index (χ3n) is 1.84. The van der Waals surface area contributed by atoms with E-state index in [0.29, 0.717) is 0 Å². The summed E-state index contributed by atoms with van der Waals surface area (Å²) in [6.07, 6.45) is 9.30. The normalized spacial score (nSPS) is 10.4. The molecule has 67 valence electrons. The lowest BCUT2D eigenvalue weighted by molar-refractivity contribution is 0.262. The summed E-state index contributed by atoms with van der Waals surface area (Å²) in [5, 5.41) is 0. The first kappa shape index (κ1) is 11.0. The molecule has 0 saturated heterocycles. The maximum atomic E-state index is 4.84. The summed E-state index contributed by atoms with van der Waals surface area (Å²) >= 11 is 0. The molecule has 0 heterocycles. The molecule has 0 aromatic heterocycles. The molecular formula is C10H21O. The van der Waals surface area contributed by atoms with Crippen LogP contribution in [0, 0.1) is 6.61 Å². The van der Waals surface area contributed by atoms with Crippen molar-refractivity contribution in [1.82, 2.24) is 0 Å². The van der Waals surface area contributed by atoms with Gasteiger partial charge < -0.3 is 4.74 Å².